The Hall–Kier alpha value is -2.20. The summed E-state index contributed by atoms with van der Waals surface area (Å²) in [5, 5.41) is 18.1. The fraction of sp³-hybridized carbons (Fsp3) is 0.200. The SMILES string of the molecule is CCC(O)c1ccc(-n2nnc3ccccc32)cc1. The maximum atomic E-state index is 9.79. The second-order valence-corrected chi connectivity index (χ2v) is 4.51. The first-order valence-corrected chi connectivity index (χ1v) is 6.38. The van der Waals surface area contributed by atoms with Crippen LogP contribution in [0.2, 0.25) is 0 Å². The van der Waals surface area contributed by atoms with Crippen molar-refractivity contribution < 1.29 is 5.11 Å². The summed E-state index contributed by atoms with van der Waals surface area (Å²) in [5.41, 5.74) is 3.72. The van der Waals surface area contributed by atoms with E-state index < -0.39 is 6.10 Å². The number of rotatable bonds is 3. The first-order chi connectivity index (χ1) is 9.29. The predicted molar refractivity (Wildman–Crippen MR) is 74.1 cm³/mol. The topological polar surface area (TPSA) is 50.9 Å². The Morgan fingerprint density at radius 2 is 1.84 bits per heavy atom. The summed E-state index contributed by atoms with van der Waals surface area (Å²) in [6.07, 6.45) is 0.313. The molecule has 0 amide bonds. The van der Waals surface area contributed by atoms with Gasteiger partial charge in [-0.25, -0.2) is 4.68 Å². The molecule has 0 saturated heterocycles. The van der Waals surface area contributed by atoms with Gasteiger partial charge in [-0.3, -0.25) is 0 Å². The molecule has 0 aliphatic rings. The van der Waals surface area contributed by atoms with Crippen LogP contribution in [0, 0.1) is 0 Å². The second-order valence-electron chi connectivity index (χ2n) is 4.51. The van der Waals surface area contributed by atoms with Crippen molar-refractivity contribution in [2.24, 2.45) is 0 Å². The average molecular weight is 253 g/mol. The van der Waals surface area contributed by atoms with E-state index in [0.717, 1.165) is 22.3 Å². The standard InChI is InChI=1S/C15H15N3O/c1-2-15(19)11-7-9-12(10-8-11)18-14-6-4-3-5-13(14)16-17-18/h3-10,15,19H,2H2,1H3. The summed E-state index contributed by atoms with van der Waals surface area (Å²) in [4.78, 5) is 0. The highest BCUT2D eigenvalue weighted by atomic mass is 16.3. The third-order valence-electron chi connectivity index (χ3n) is 3.26. The summed E-state index contributed by atoms with van der Waals surface area (Å²) < 4.78 is 1.80. The summed E-state index contributed by atoms with van der Waals surface area (Å²) >= 11 is 0. The van der Waals surface area contributed by atoms with Gasteiger partial charge in [-0.1, -0.05) is 36.4 Å². The lowest BCUT2D eigenvalue weighted by molar-refractivity contribution is 0.173. The number of aromatic nitrogens is 3. The Bertz CT molecular complexity index is 688. The number of benzene rings is 2. The molecule has 19 heavy (non-hydrogen) atoms. The maximum absolute atomic E-state index is 9.79. The van der Waals surface area contributed by atoms with E-state index >= 15 is 0 Å². The van der Waals surface area contributed by atoms with Gasteiger partial charge in [0, 0.05) is 0 Å². The molecule has 2 aromatic carbocycles. The summed E-state index contributed by atoms with van der Waals surface area (Å²) in [5.74, 6) is 0. The van der Waals surface area contributed by atoms with Crippen LogP contribution in [0.1, 0.15) is 25.0 Å². The molecule has 3 rings (SSSR count). The zero-order valence-corrected chi connectivity index (χ0v) is 10.7. The molecule has 1 unspecified atom stereocenters. The Balaban J connectivity index is 2.02. The zero-order valence-electron chi connectivity index (χ0n) is 10.7. The van der Waals surface area contributed by atoms with Crippen LogP contribution in [-0.4, -0.2) is 20.1 Å². The van der Waals surface area contributed by atoms with Gasteiger partial charge in [0.05, 0.1) is 17.3 Å². The normalized spacial score (nSPS) is 12.7. The quantitative estimate of drug-likeness (QED) is 0.780. The Labute approximate surface area is 111 Å². The average Bonchev–Trinajstić information content (AvgIpc) is 2.90. The molecule has 1 aromatic heterocycles. The van der Waals surface area contributed by atoms with Crippen molar-refractivity contribution in [1.29, 1.82) is 0 Å². The fourth-order valence-electron chi connectivity index (χ4n) is 2.13. The van der Waals surface area contributed by atoms with E-state index in [1.54, 1.807) is 4.68 Å². The molecule has 0 saturated carbocycles. The van der Waals surface area contributed by atoms with Gasteiger partial charge in [0.1, 0.15) is 5.52 Å². The largest absolute Gasteiger partial charge is 0.388 e. The zero-order chi connectivity index (χ0) is 13.2. The highest BCUT2D eigenvalue weighted by Crippen LogP contribution is 2.20. The van der Waals surface area contributed by atoms with Crippen LogP contribution in [0.25, 0.3) is 16.7 Å². The van der Waals surface area contributed by atoms with Crippen LogP contribution in [0.15, 0.2) is 48.5 Å². The van der Waals surface area contributed by atoms with Gasteiger partial charge < -0.3 is 5.11 Å². The number of nitrogens with zero attached hydrogens (tertiary/aromatic N) is 3. The number of hydrogen-bond acceptors (Lipinski definition) is 3. The molecular formula is C15H15N3O. The van der Waals surface area contributed by atoms with Crippen LogP contribution < -0.4 is 0 Å². The van der Waals surface area contributed by atoms with Gasteiger partial charge >= 0.3 is 0 Å². The number of aliphatic hydroxyl groups is 1. The third kappa shape index (κ3) is 2.11. The number of hydrogen-bond donors (Lipinski definition) is 1. The van der Waals surface area contributed by atoms with Crippen LogP contribution in [0.5, 0.6) is 0 Å². The van der Waals surface area contributed by atoms with E-state index in [9.17, 15) is 5.11 Å². The minimum Gasteiger partial charge on any atom is -0.388 e. The lowest BCUT2D eigenvalue weighted by Gasteiger charge is -2.09. The highest BCUT2D eigenvalue weighted by molar-refractivity contribution is 5.75. The molecule has 1 atom stereocenters. The van der Waals surface area contributed by atoms with Gasteiger partial charge in [-0.2, -0.15) is 0 Å². The van der Waals surface area contributed by atoms with E-state index in [2.05, 4.69) is 10.3 Å². The van der Waals surface area contributed by atoms with Gasteiger partial charge in [0.15, 0.2) is 0 Å². The molecule has 0 aliphatic heterocycles. The van der Waals surface area contributed by atoms with Crippen molar-refractivity contribution in [2.75, 3.05) is 0 Å². The minimum absolute atomic E-state index is 0.401. The van der Waals surface area contributed by atoms with Crippen LogP contribution >= 0.6 is 0 Å². The Kier molecular flexibility index (Phi) is 3.01. The molecule has 1 N–H and O–H groups in total. The molecule has 0 radical (unpaired) electrons. The van der Waals surface area contributed by atoms with E-state index in [-0.39, 0.29) is 0 Å². The molecule has 96 valence electrons. The van der Waals surface area contributed by atoms with Gasteiger partial charge in [0.2, 0.25) is 0 Å². The first kappa shape index (κ1) is 11.9. The summed E-state index contributed by atoms with van der Waals surface area (Å²) in [6.45, 7) is 1.96. The van der Waals surface area contributed by atoms with Crippen LogP contribution in [0.4, 0.5) is 0 Å². The predicted octanol–water partition coefficient (Wildman–Crippen LogP) is 2.86. The molecule has 1 heterocycles. The first-order valence-electron chi connectivity index (χ1n) is 6.38. The molecule has 0 bridgehead atoms. The van der Waals surface area contributed by atoms with E-state index in [4.69, 9.17) is 0 Å². The highest BCUT2D eigenvalue weighted by Gasteiger charge is 2.07. The maximum Gasteiger partial charge on any atom is 0.113 e. The molecule has 0 spiro atoms. The van der Waals surface area contributed by atoms with Crippen molar-refractivity contribution in [3.05, 3.63) is 54.1 Å². The number of para-hydroxylation sites is 1. The Morgan fingerprint density at radius 1 is 1.11 bits per heavy atom. The van der Waals surface area contributed by atoms with Crippen molar-refractivity contribution in [3.63, 3.8) is 0 Å². The van der Waals surface area contributed by atoms with Crippen LogP contribution in [0.3, 0.4) is 0 Å². The lowest BCUT2D eigenvalue weighted by Crippen LogP contribution is -1.99. The van der Waals surface area contributed by atoms with Gasteiger partial charge in [-0.05, 0) is 36.2 Å². The molecule has 0 fully saturated rings. The minimum atomic E-state index is -0.401. The lowest BCUT2D eigenvalue weighted by atomic mass is 10.1. The second kappa shape index (κ2) is 4.82. The smallest absolute Gasteiger partial charge is 0.113 e. The van der Waals surface area contributed by atoms with Crippen LogP contribution in [-0.2, 0) is 0 Å². The van der Waals surface area contributed by atoms with Crippen molar-refractivity contribution in [1.82, 2.24) is 15.0 Å². The van der Waals surface area contributed by atoms with E-state index in [1.807, 2.05) is 55.5 Å². The summed E-state index contributed by atoms with van der Waals surface area (Å²) in [7, 11) is 0. The van der Waals surface area contributed by atoms with Gasteiger partial charge in [-0.15, -0.1) is 5.10 Å². The molecule has 4 heteroatoms. The number of aliphatic hydroxyl groups excluding tert-OH is 1. The molecule has 4 nitrogen and oxygen atoms in total. The Morgan fingerprint density at radius 3 is 2.58 bits per heavy atom. The van der Waals surface area contributed by atoms with Crippen molar-refractivity contribution in [3.8, 4) is 5.69 Å². The third-order valence-corrected chi connectivity index (χ3v) is 3.26. The monoisotopic (exact) mass is 253 g/mol. The molecule has 0 aliphatic carbocycles. The van der Waals surface area contributed by atoms with E-state index in [0.29, 0.717) is 6.42 Å². The number of fused-ring (bicyclic) bond motifs is 1. The molecular weight excluding hydrogens is 238 g/mol. The summed E-state index contributed by atoms with van der Waals surface area (Å²) in [6, 6.07) is 15.6. The fourth-order valence-corrected chi connectivity index (χ4v) is 2.13. The van der Waals surface area contributed by atoms with E-state index in [1.165, 1.54) is 0 Å². The van der Waals surface area contributed by atoms with Gasteiger partial charge in [0.25, 0.3) is 0 Å². The molecule has 3 aromatic rings. The van der Waals surface area contributed by atoms with Crippen molar-refractivity contribution >= 4 is 11.0 Å². The van der Waals surface area contributed by atoms with Crippen molar-refractivity contribution in [2.45, 2.75) is 19.4 Å².